The molecule has 0 spiro atoms. The van der Waals surface area contributed by atoms with Gasteiger partial charge in [-0.3, -0.25) is 0 Å². The molecular weight excluding hydrogens is 208 g/mol. The molecule has 1 aromatic carbocycles. The lowest BCUT2D eigenvalue weighted by Crippen LogP contribution is -2.20. The normalized spacial score (nSPS) is 19.6. The van der Waals surface area contributed by atoms with Crippen LogP contribution >= 0.6 is 0 Å². The van der Waals surface area contributed by atoms with Gasteiger partial charge in [0.2, 0.25) is 0 Å². The maximum Gasteiger partial charge on any atom is 0.0390 e. The lowest BCUT2D eigenvalue weighted by molar-refractivity contribution is 0.618. The molecule has 1 unspecified atom stereocenters. The molecule has 94 valence electrons. The molecule has 17 heavy (non-hydrogen) atoms. The highest BCUT2D eigenvalue weighted by Crippen LogP contribution is 2.25. The van der Waals surface area contributed by atoms with Crippen LogP contribution < -0.4 is 11.1 Å². The standard InChI is InChI=1S/C15H24N2/c1-12(16)14-10-6-7-11-15(14)17-13-8-4-2-3-5-9-13/h6-7,10-13,17H,2-5,8-9,16H2,1H3. The van der Waals surface area contributed by atoms with Gasteiger partial charge in [0.25, 0.3) is 0 Å². The lowest BCUT2D eigenvalue weighted by atomic mass is 10.0. The van der Waals surface area contributed by atoms with Gasteiger partial charge >= 0.3 is 0 Å². The molecule has 1 aliphatic rings. The van der Waals surface area contributed by atoms with Gasteiger partial charge in [-0.05, 0) is 31.4 Å². The second-order valence-electron chi connectivity index (χ2n) is 5.21. The highest BCUT2D eigenvalue weighted by atomic mass is 14.9. The van der Waals surface area contributed by atoms with Crippen molar-refractivity contribution < 1.29 is 0 Å². The molecule has 1 aromatic rings. The maximum atomic E-state index is 6.01. The van der Waals surface area contributed by atoms with Gasteiger partial charge in [0, 0.05) is 17.8 Å². The zero-order chi connectivity index (χ0) is 12.1. The average molecular weight is 232 g/mol. The van der Waals surface area contributed by atoms with Crippen molar-refractivity contribution in [1.82, 2.24) is 0 Å². The third kappa shape index (κ3) is 3.47. The topological polar surface area (TPSA) is 38.0 Å². The molecule has 0 amide bonds. The number of nitrogens with two attached hydrogens (primary N) is 1. The number of hydrogen-bond acceptors (Lipinski definition) is 2. The highest BCUT2D eigenvalue weighted by Gasteiger charge is 2.14. The van der Waals surface area contributed by atoms with Gasteiger partial charge in [-0.15, -0.1) is 0 Å². The molecule has 1 saturated carbocycles. The third-order valence-corrected chi connectivity index (χ3v) is 3.67. The van der Waals surface area contributed by atoms with Gasteiger partial charge in [-0.25, -0.2) is 0 Å². The van der Waals surface area contributed by atoms with Gasteiger partial charge in [-0.1, -0.05) is 43.9 Å². The quantitative estimate of drug-likeness (QED) is 0.777. The summed E-state index contributed by atoms with van der Waals surface area (Å²) in [6.07, 6.45) is 8.11. The molecule has 0 aromatic heterocycles. The Kier molecular flexibility index (Phi) is 4.43. The summed E-state index contributed by atoms with van der Waals surface area (Å²) in [5.41, 5.74) is 8.47. The largest absolute Gasteiger partial charge is 0.382 e. The molecule has 0 heterocycles. The Bertz CT molecular complexity index is 339. The zero-order valence-corrected chi connectivity index (χ0v) is 10.8. The number of anilines is 1. The van der Waals surface area contributed by atoms with Gasteiger partial charge in [-0.2, -0.15) is 0 Å². The molecule has 1 fully saturated rings. The summed E-state index contributed by atoms with van der Waals surface area (Å²) in [4.78, 5) is 0. The fraction of sp³-hybridized carbons (Fsp3) is 0.600. The van der Waals surface area contributed by atoms with E-state index in [0.717, 1.165) is 0 Å². The summed E-state index contributed by atoms with van der Waals surface area (Å²) >= 11 is 0. The molecule has 3 N–H and O–H groups in total. The van der Waals surface area contributed by atoms with E-state index in [9.17, 15) is 0 Å². The van der Waals surface area contributed by atoms with E-state index in [2.05, 4.69) is 29.6 Å². The second-order valence-corrected chi connectivity index (χ2v) is 5.21. The van der Waals surface area contributed by atoms with Crippen molar-refractivity contribution in [3.8, 4) is 0 Å². The average Bonchev–Trinajstić information content (AvgIpc) is 2.58. The molecular formula is C15H24N2. The monoisotopic (exact) mass is 232 g/mol. The minimum absolute atomic E-state index is 0.101. The fourth-order valence-corrected chi connectivity index (χ4v) is 2.67. The summed E-state index contributed by atoms with van der Waals surface area (Å²) in [6, 6.07) is 9.18. The van der Waals surface area contributed by atoms with E-state index < -0.39 is 0 Å². The Morgan fingerprint density at radius 1 is 1.12 bits per heavy atom. The van der Waals surface area contributed by atoms with Crippen LogP contribution in [-0.2, 0) is 0 Å². The first-order valence-electron chi connectivity index (χ1n) is 6.88. The van der Waals surface area contributed by atoms with Crippen molar-refractivity contribution >= 4 is 5.69 Å². The van der Waals surface area contributed by atoms with E-state index in [1.807, 2.05) is 6.92 Å². The van der Waals surface area contributed by atoms with E-state index >= 15 is 0 Å². The summed E-state index contributed by atoms with van der Waals surface area (Å²) < 4.78 is 0. The smallest absolute Gasteiger partial charge is 0.0390 e. The summed E-state index contributed by atoms with van der Waals surface area (Å²) in [7, 11) is 0. The molecule has 0 radical (unpaired) electrons. The molecule has 1 aliphatic carbocycles. The SMILES string of the molecule is CC(N)c1ccccc1NC1CCCCCC1. The molecule has 1 atom stereocenters. The van der Waals surface area contributed by atoms with Crippen LogP contribution in [0.25, 0.3) is 0 Å². The zero-order valence-electron chi connectivity index (χ0n) is 10.8. The molecule has 0 saturated heterocycles. The molecule has 0 bridgehead atoms. The van der Waals surface area contributed by atoms with Gasteiger partial charge < -0.3 is 11.1 Å². The number of para-hydroxylation sites is 1. The van der Waals surface area contributed by atoms with Gasteiger partial charge in [0.05, 0.1) is 0 Å². The minimum atomic E-state index is 0.101. The first kappa shape index (κ1) is 12.4. The van der Waals surface area contributed by atoms with Crippen molar-refractivity contribution in [1.29, 1.82) is 0 Å². The van der Waals surface area contributed by atoms with Crippen molar-refractivity contribution in [2.45, 2.75) is 57.5 Å². The first-order chi connectivity index (χ1) is 8.27. The van der Waals surface area contributed by atoms with Crippen LogP contribution in [0.4, 0.5) is 5.69 Å². The first-order valence-corrected chi connectivity index (χ1v) is 6.88. The maximum absolute atomic E-state index is 6.01. The second kappa shape index (κ2) is 6.06. The van der Waals surface area contributed by atoms with Crippen LogP contribution in [0.3, 0.4) is 0 Å². The van der Waals surface area contributed by atoms with Crippen molar-refractivity contribution in [3.63, 3.8) is 0 Å². The van der Waals surface area contributed by atoms with Crippen LogP contribution in [0.1, 0.15) is 57.1 Å². The molecule has 2 heteroatoms. The van der Waals surface area contributed by atoms with Gasteiger partial charge in [0.1, 0.15) is 0 Å². The van der Waals surface area contributed by atoms with Gasteiger partial charge in [0.15, 0.2) is 0 Å². The summed E-state index contributed by atoms with van der Waals surface area (Å²) in [5.74, 6) is 0. The minimum Gasteiger partial charge on any atom is -0.382 e. The highest BCUT2D eigenvalue weighted by molar-refractivity contribution is 5.53. The Morgan fingerprint density at radius 2 is 1.76 bits per heavy atom. The summed E-state index contributed by atoms with van der Waals surface area (Å²) in [5, 5.41) is 3.69. The van der Waals surface area contributed by atoms with Crippen LogP contribution in [-0.4, -0.2) is 6.04 Å². The molecule has 0 aliphatic heterocycles. The molecule has 2 nitrogen and oxygen atoms in total. The predicted octanol–water partition coefficient (Wildman–Crippen LogP) is 3.84. The van der Waals surface area contributed by atoms with Crippen molar-refractivity contribution in [3.05, 3.63) is 29.8 Å². The predicted molar refractivity (Wildman–Crippen MR) is 74.2 cm³/mol. The molecule has 2 rings (SSSR count). The van der Waals surface area contributed by atoms with E-state index in [4.69, 9.17) is 5.73 Å². The fourth-order valence-electron chi connectivity index (χ4n) is 2.67. The van der Waals surface area contributed by atoms with Crippen molar-refractivity contribution in [2.24, 2.45) is 5.73 Å². The summed E-state index contributed by atoms with van der Waals surface area (Å²) in [6.45, 7) is 2.05. The van der Waals surface area contributed by atoms with E-state index in [1.165, 1.54) is 49.8 Å². The van der Waals surface area contributed by atoms with E-state index in [-0.39, 0.29) is 6.04 Å². The number of benzene rings is 1. The number of rotatable bonds is 3. The Morgan fingerprint density at radius 3 is 2.41 bits per heavy atom. The van der Waals surface area contributed by atoms with E-state index in [0.29, 0.717) is 6.04 Å². The van der Waals surface area contributed by atoms with Crippen LogP contribution in [0.2, 0.25) is 0 Å². The number of hydrogen-bond donors (Lipinski definition) is 2. The Labute approximate surface area is 105 Å². The Balaban J connectivity index is 2.06. The third-order valence-electron chi connectivity index (χ3n) is 3.67. The lowest BCUT2D eigenvalue weighted by Gasteiger charge is -2.21. The van der Waals surface area contributed by atoms with Crippen LogP contribution in [0.5, 0.6) is 0 Å². The Hall–Kier alpha value is -1.02. The van der Waals surface area contributed by atoms with E-state index in [1.54, 1.807) is 0 Å². The van der Waals surface area contributed by atoms with Crippen LogP contribution in [0.15, 0.2) is 24.3 Å². The number of nitrogens with one attached hydrogen (secondary N) is 1. The van der Waals surface area contributed by atoms with Crippen molar-refractivity contribution in [2.75, 3.05) is 5.32 Å². The van der Waals surface area contributed by atoms with Crippen LogP contribution in [0, 0.1) is 0 Å².